The summed E-state index contributed by atoms with van der Waals surface area (Å²) in [5, 5.41) is 1.46. The van der Waals surface area contributed by atoms with E-state index in [-0.39, 0.29) is 5.78 Å². The summed E-state index contributed by atoms with van der Waals surface area (Å²) in [5.41, 5.74) is 4.69. The van der Waals surface area contributed by atoms with Crippen molar-refractivity contribution in [1.82, 2.24) is 4.98 Å². The van der Waals surface area contributed by atoms with Gasteiger partial charge >= 0.3 is 0 Å². The fraction of sp³-hybridized carbons (Fsp3) is 0.0769. The lowest BCUT2D eigenvalue weighted by Crippen LogP contribution is -2.05. The first-order chi connectivity index (χ1) is 14.6. The highest BCUT2D eigenvalue weighted by molar-refractivity contribution is 6.31. The number of carbonyl (C=O) groups excluding carboxylic acids is 1. The number of carbonyl (C=O) groups is 1. The van der Waals surface area contributed by atoms with Crippen LogP contribution < -0.4 is 4.74 Å². The van der Waals surface area contributed by atoms with Gasteiger partial charge in [0, 0.05) is 27.2 Å². The Hall–Kier alpha value is -3.43. The molecule has 1 heterocycles. The van der Waals surface area contributed by atoms with Crippen molar-refractivity contribution in [2.24, 2.45) is 0 Å². The molecule has 0 aliphatic carbocycles. The number of ether oxygens (including phenoxy) is 1. The van der Waals surface area contributed by atoms with Crippen molar-refractivity contribution in [1.29, 1.82) is 0 Å². The molecule has 4 heteroatoms. The molecule has 0 saturated carbocycles. The van der Waals surface area contributed by atoms with E-state index in [2.05, 4.69) is 4.98 Å². The quantitative estimate of drug-likeness (QED) is 0.268. The van der Waals surface area contributed by atoms with E-state index >= 15 is 0 Å². The van der Waals surface area contributed by atoms with Crippen LogP contribution in [0.5, 0.6) is 5.75 Å². The molecular weight excluding hydrogens is 394 g/mol. The molecule has 148 valence electrons. The molecule has 4 aromatic rings. The number of ketones is 1. The standard InChI is InChI=1S/C26H20ClNO2/c1-17-25(23(29)15-12-18-8-6-7-11-24(18)30-2)26(19-9-4-3-5-10-19)21-16-20(27)13-14-22(21)28-17/h3-16H,1-2H3/b15-12+. The second-order valence-corrected chi connectivity index (χ2v) is 7.35. The number of nitrogens with zero attached hydrogens (tertiary/aromatic N) is 1. The summed E-state index contributed by atoms with van der Waals surface area (Å²) >= 11 is 6.28. The lowest BCUT2D eigenvalue weighted by atomic mass is 9.92. The molecule has 4 rings (SSSR count). The first kappa shape index (κ1) is 19.9. The van der Waals surface area contributed by atoms with Crippen LogP contribution in [0.2, 0.25) is 5.02 Å². The lowest BCUT2D eigenvalue weighted by molar-refractivity contribution is 0.104. The van der Waals surface area contributed by atoms with Crippen molar-refractivity contribution in [3.8, 4) is 16.9 Å². The molecule has 0 saturated heterocycles. The zero-order valence-corrected chi connectivity index (χ0v) is 17.5. The number of rotatable bonds is 5. The summed E-state index contributed by atoms with van der Waals surface area (Å²) in [6, 6.07) is 23.0. The first-order valence-electron chi connectivity index (χ1n) is 9.59. The van der Waals surface area contributed by atoms with E-state index in [9.17, 15) is 4.79 Å². The van der Waals surface area contributed by atoms with Crippen molar-refractivity contribution < 1.29 is 9.53 Å². The van der Waals surface area contributed by atoms with E-state index in [0.717, 1.165) is 27.6 Å². The number of fused-ring (bicyclic) bond motifs is 1. The van der Waals surface area contributed by atoms with Crippen LogP contribution in [0.3, 0.4) is 0 Å². The molecule has 0 spiro atoms. The van der Waals surface area contributed by atoms with Crippen LogP contribution in [0.25, 0.3) is 28.1 Å². The molecule has 0 aliphatic rings. The minimum Gasteiger partial charge on any atom is -0.496 e. The Labute approximate surface area is 180 Å². The number of benzene rings is 3. The van der Waals surface area contributed by atoms with E-state index < -0.39 is 0 Å². The zero-order valence-electron chi connectivity index (χ0n) is 16.7. The molecule has 3 nitrogen and oxygen atoms in total. The largest absolute Gasteiger partial charge is 0.496 e. The Bertz CT molecular complexity index is 1260. The Morgan fingerprint density at radius 3 is 2.50 bits per heavy atom. The monoisotopic (exact) mass is 413 g/mol. The third kappa shape index (κ3) is 3.85. The van der Waals surface area contributed by atoms with Crippen molar-refractivity contribution in [2.45, 2.75) is 6.92 Å². The number of aryl methyl sites for hydroxylation is 1. The smallest absolute Gasteiger partial charge is 0.188 e. The minimum absolute atomic E-state index is 0.119. The normalized spacial score (nSPS) is 11.2. The average molecular weight is 414 g/mol. The SMILES string of the molecule is COc1ccccc1/C=C/C(=O)c1c(C)nc2ccc(Cl)cc2c1-c1ccccc1. The Morgan fingerprint density at radius 1 is 1.00 bits per heavy atom. The number of aromatic nitrogens is 1. The van der Waals surface area contributed by atoms with Crippen LogP contribution in [-0.4, -0.2) is 17.9 Å². The van der Waals surface area contributed by atoms with E-state index in [0.29, 0.717) is 22.0 Å². The Balaban J connectivity index is 1.91. The van der Waals surface area contributed by atoms with Crippen LogP contribution in [0.1, 0.15) is 21.6 Å². The first-order valence-corrected chi connectivity index (χ1v) is 9.97. The Morgan fingerprint density at radius 2 is 1.73 bits per heavy atom. The van der Waals surface area contributed by atoms with Gasteiger partial charge in [-0.1, -0.05) is 60.1 Å². The topological polar surface area (TPSA) is 39.2 Å². The van der Waals surface area contributed by atoms with Gasteiger partial charge in [-0.05, 0) is 48.9 Å². The van der Waals surface area contributed by atoms with Gasteiger partial charge in [-0.3, -0.25) is 9.78 Å². The number of hydrogen-bond donors (Lipinski definition) is 0. The van der Waals surface area contributed by atoms with E-state index in [4.69, 9.17) is 16.3 Å². The lowest BCUT2D eigenvalue weighted by Gasteiger charge is -2.14. The predicted octanol–water partition coefficient (Wildman–Crippen LogP) is 6.77. The maximum atomic E-state index is 13.4. The van der Waals surface area contributed by atoms with Gasteiger partial charge in [-0.25, -0.2) is 0 Å². The van der Waals surface area contributed by atoms with Crippen LogP contribution in [0.4, 0.5) is 0 Å². The second-order valence-electron chi connectivity index (χ2n) is 6.91. The Kier molecular flexibility index (Phi) is 5.64. The molecule has 0 radical (unpaired) electrons. The number of methoxy groups -OCH3 is 1. The van der Waals surface area contributed by atoms with Crippen molar-refractivity contribution in [2.75, 3.05) is 7.11 Å². The van der Waals surface area contributed by atoms with Gasteiger partial charge in [-0.15, -0.1) is 0 Å². The molecule has 0 bridgehead atoms. The highest BCUT2D eigenvalue weighted by atomic mass is 35.5. The zero-order chi connectivity index (χ0) is 21.1. The molecule has 3 aromatic carbocycles. The van der Waals surface area contributed by atoms with Gasteiger partial charge in [0.05, 0.1) is 18.2 Å². The maximum absolute atomic E-state index is 13.4. The number of para-hydroxylation sites is 1. The molecule has 1 aromatic heterocycles. The summed E-state index contributed by atoms with van der Waals surface area (Å²) in [7, 11) is 1.61. The van der Waals surface area contributed by atoms with Crippen LogP contribution in [0.15, 0.2) is 78.9 Å². The van der Waals surface area contributed by atoms with Crippen LogP contribution in [-0.2, 0) is 0 Å². The molecule has 0 aliphatic heterocycles. The number of hydrogen-bond acceptors (Lipinski definition) is 3. The molecule has 0 fully saturated rings. The second kappa shape index (κ2) is 8.52. The van der Waals surface area contributed by atoms with Crippen molar-refractivity contribution in [3.63, 3.8) is 0 Å². The summed E-state index contributed by atoms with van der Waals surface area (Å²) in [5.74, 6) is 0.594. The van der Waals surface area contributed by atoms with Gasteiger partial charge in [0.25, 0.3) is 0 Å². The minimum atomic E-state index is -0.119. The van der Waals surface area contributed by atoms with Crippen LogP contribution in [0, 0.1) is 6.92 Å². The number of pyridine rings is 1. The van der Waals surface area contributed by atoms with E-state index in [1.165, 1.54) is 0 Å². The maximum Gasteiger partial charge on any atom is 0.188 e. The third-order valence-electron chi connectivity index (χ3n) is 4.99. The summed E-state index contributed by atoms with van der Waals surface area (Å²) in [6.07, 6.45) is 3.35. The molecular formula is C26H20ClNO2. The summed E-state index contributed by atoms with van der Waals surface area (Å²) < 4.78 is 5.38. The highest BCUT2D eigenvalue weighted by Gasteiger charge is 2.19. The van der Waals surface area contributed by atoms with Gasteiger partial charge in [-0.2, -0.15) is 0 Å². The number of halogens is 1. The average Bonchev–Trinajstić information content (AvgIpc) is 2.77. The summed E-state index contributed by atoms with van der Waals surface area (Å²) in [4.78, 5) is 18.0. The fourth-order valence-electron chi connectivity index (χ4n) is 3.62. The van der Waals surface area contributed by atoms with Gasteiger partial charge in [0.2, 0.25) is 0 Å². The highest BCUT2D eigenvalue weighted by Crippen LogP contribution is 2.35. The van der Waals surface area contributed by atoms with Gasteiger partial charge in [0.15, 0.2) is 5.78 Å². The molecule has 0 N–H and O–H groups in total. The van der Waals surface area contributed by atoms with Gasteiger partial charge < -0.3 is 4.74 Å². The fourth-order valence-corrected chi connectivity index (χ4v) is 3.79. The predicted molar refractivity (Wildman–Crippen MR) is 123 cm³/mol. The van der Waals surface area contributed by atoms with E-state index in [1.807, 2.05) is 79.7 Å². The molecule has 0 unspecified atom stereocenters. The van der Waals surface area contributed by atoms with Crippen LogP contribution >= 0.6 is 11.6 Å². The van der Waals surface area contributed by atoms with Crippen molar-refractivity contribution in [3.05, 3.63) is 101 Å². The van der Waals surface area contributed by atoms with Gasteiger partial charge in [0.1, 0.15) is 5.75 Å². The molecule has 30 heavy (non-hydrogen) atoms. The van der Waals surface area contributed by atoms with Crippen molar-refractivity contribution >= 4 is 34.4 Å². The summed E-state index contributed by atoms with van der Waals surface area (Å²) in [6.45, 7) is 1.87. The molecule has 0 atom stereocenters. The third-order valence-corrected chi connectivity index (χ3v) is 5.23. The van der Waals surface area contributed by atoms with E-state index in [1.54, 1.807) is 19.3 Å². The number of allylic oxidation sites excluding steroid dienone is 1. The molecule has 0 amide bonds.